The molecule has 10 atom stereocenters. The molecule has 2 fully saturated rings. The zero-order chi connectivity index (χ0) is 70.1. The first-order valence-electron chi connectivity index (χ1n) is 32.2. The van der Waals surface area contributed by atoms with Crippen LogP contribution < -0.4 is 82.7 Å². The molecule has 0 radical (unpaired) electrons. The van der Waals surface area contributed by atoms with E-state index in [1.165, 1.54) is 21.6 Å². The van der Waals surface area contributed by atoms with Gasteiger partial charge in [-0.2, -0.15) is 11.8 Å². The predicted molar refractivity (Wildman–Crippen MR) is 356 cm³/mol. The smallest absolute Gasteiger partial charge is 0.245 e. The number of carbonyl (C=O) groups is 13. The van der Waals surface area contributed by atoms with Gasteiger partial charge < -0.3 is 92.5 Å². The summed E-state index contributed by atoms with van der Waals surface area (Å²) in [5.41, 5.74) is 40.6. The lowest BCUT2D eigenvalue weighted by Gasteiger charge is -2.32. The number of likely N-dealkylation sites (tertiary alicyclic amines) is 2. The monoisotopic (exact) mass is 1350 g/mol. The number of thioether (sulfide) groups is 1. The first-order valence-corrected chi connectivity index (χ1v) is 33.6. The number of carbonyl (C=O) groups excluding carboxylic acids is 13. The average molecular weight is 1350 g/mol. The second kappa shape index (κ2) is 41.0. The number of nitrogens with two attached hydrogens (primary N) is 7. The van der Waals surface area contributed by atoms with Crippen LogP contribution in [0, 0.1) is 5.92 Å². The lowest BCUT2D eigenvalue weighted by atomic mass is 10.0. The maximum atomic E-state index is 14.7. The van der Waals surface area contributed by atoms with Gasteiger partial charge in [-0.1, -0.05) is 74.5 Å². The molecule has 2 aromatic rings. The Morgan fingerprint density at radius 3 is 1.51 bits per heavy atom. The molecule has 0 saturated carbocycles. The largest absolute Gasteiger partial charge is 0.370 e. The number of nitrogens with one attached hydrogen (secondary N) is 8. The Kier molecular flexibility index (Phi) is 33.9. The van der Waals surface area contributed by atoms with E-state index in [1.54, 1.807) is 60.7 Å². The Morgan fingerprint density at radius 1 is 0.537 bits per heavy atom. The number of unbranched alkanes of at least 4 members (excludes halogenated alkanes) is 1. The molecule has 32 heteroatoms. The van der Waals surface area contributed by atoms with Gasteiger partial charge in [-0.3, -0.25) is 67.3 Å². The average Bonchev–Trinajstić information content (AvgIpc) is 1.74. The number of primary amides is 3. The summed E-state index contributed by atoms with van der Waals surface area (Å²) in [5.74, 6) is -9.80. The summed E-state index contributed by atoms with van der Waals surface area (Å²) in [6, 6.07) is 4.51. The summed E-state index contributed by atoms with van der Waals surface area (Å²) < 4.78 is 0. The minimum atomic E-state index is -1.64. The maximum Gasteiger partial charge on any atom is 0.245 e. The van der Waals surface area contributed by atoms with Crippen LogP contribution in [0.5, 0.6) is 0 Å². The van der Waals surface area contributed by atoms with E-state index in [9.17, 15) is 62.3 Å². The van der Waals surface area contributed by atoms with E-state index in [-0.39, 0.29) is 83.0 Å². The van der Waals surface area contributed by atoms with Crippen molar-refractivity contribution in [3.63, 3.8) is 0 Å². The fourth-order valence-electron chi connectivity index (χ4n) is 11.0. The zero-order valence-electron chi connectivity index (χ0n) is 54.5. The number of hydrogen-bond acceptors (Lipinski definition) is 17. The second-order valence-electron chi connectivity index (χ2n) is 24.1. The van der Waals surface area contributed by atoms with E-state index < -0.39 is 169 Å². The van der Waals surface area contributed by atoms with E-state index in [2.05, 4.69) is 47.5 Å². The van der Waals surface area contributed by atoms with Crippen molar-refractivity contribution in [3.05, 3.63) is 71.8 Å². The standard InChI is InChI=1S/C63H98N18O13S/c1-37(2)33-45(57(89)74-41(53(68)85)27-32-95-3)73-52(84)36-72-54(86)46(34-38-15-6-4-7-16-38)78-58(90)47(35-39-17-8-5-9-18-39)79-56(88)42(23-25-50(66)82)75-55(87)43(24-26-51(67)83)76-59(91)49-22-14-31-81(49)62(94)44(20-10-11-28-64)77-60(92)48-21-13-30-80(48)61(93)40(65)19-12-29-71-63(69)70/h4-9,15-18,37,40-49H,10-14,19-36,64-65H2,1-3H3,(H2,66,82)(H2,67,83)(H2,68,85)(H,72,86)(H,73,84)(H,74,89)(H,75,87)(H,76,91)(H,77,92)(H,78,90)(H,79,88)(H4,69,70,71)/t40-,41+,42+,43-,44-,45+,46-,47-,48-,49-/m1/s1. The molecule has 2 aromatic carbocycles. The van der Waals surface area contributed by atoms with Crippen LogP contribution >= 0.6 is 11.8 Å². The molecule has 95 heavy (non-hydrogen) atoms. The first-order chi connectivity index (χ1) is 45.2. The molecule has 0 unspecified atom stereocenters. The predicted octanol–water partition coefficient (Wildman–Crippen LogP) is -3.71. The van der Waals surface area contributed by atoms with Crippen molar-refractivity contribution in [2.75, 3.05) is 44.7 Å². The Morgan fingerprint density at radius 2 is 1.01 bits per heavy atom. The molecular formula is C63H98N18O13S. The number of guanidine groups is 1. The van der Waals surface area contributed by atoms with Crippen LogP contribution in [0.3, 0.4) is 0 Å². The molecule has 4 rings (SSSR count). The van der Waals surface area contributed by atoms with Crippen molar-refractivity contribution in [2.45, 2.75) is 183 Å². The van der Waals surface area contributed by atoms with Gasteiger partial charge in [0.25, 0.3) is 0 Å². The highest BCUT2D eigenvalue weighted by molar-refractivity contribution is 7.98. The highest BCUT2D eigenvalue weighted by Gasteiger charge is 2.42. The highest BCUT2D eigenvalue weighted by atomic mass is 32.2. The fraction of sp³-hybridized carbons (Fsp3) is 0.587. The zero-order valence-corrected chi connectivity index (χ0v) is 55.3. The summed E-state index contributed by atoms with van der Waals surface area (Å²) >= 11 is 1.45. The molecule has 0 aliphatic carbocycles. The Hall–Kier alpha value is -8.91. The number of benzene rings is 2. The van der Waals surface area contributed by atoms with Crippen molar-refractivity contribution in [1.82, 2.24) is 52.3 Å². The van der Waals surface area contributed by atoms with Crippen LogP contribution in [0.4, 0.5) is 0 Å². The van der Waals surface area contributed by atoms with Gasteiger partial charge in [-0.05, 0) is 119 Å². The molecule has 0 spiro atoms. The molecule has 31 nitrogen and oxygen atoms in total. The lowest BCUT2D eigenvalue weighted by molar-refractivity contribution is -0.144. The molecule has 0 bridgehead atoms. The van der Waals surface area contributed by atoms with Crippen molar-refractivity contribution < 1.29 is 62.3 Å². The molecule has 2 aliphatic heterocycles. The SMILES string of the molecule is CSCC[C@H](NC(=O)[C@H](CC(C)C)NC(=O)CNC(=O)[C@@H](Cc1ccccc1)NC(=O)[C@@H](Cc1ccccc1)NC(=O)[C@H](CCC(N)=O)NC(=O)[C@@H](CCC(N)=O)NC(=O)[C@H]1CCCN1C(=O)[C@@H](CCCCN)NC(=O)[C@H]1CCCN1C(=O)[C@H](N)CCCN=C(N)N)C(N)=O. The molecule has 0 aromatic heterocycles. The van der Waals surface area contributed by atoms with Gasteiger partial charge in [0, 0.05) is 45.3 Å². The third-order valence-electron chi connectivity index (χ3n) is 16.0. The summed E-state index contributed by atoms with van der Waals surface area (Å²) in [6.45, 7) is 3.86. The fourth-order valence-corrected chi connectivity index (χ4v) is 11.5. The third kappa shape index (κ3) is 27.5. The van der Waals surface area contributed by atoms with Gasteiger partial charge in [0.15, 0.2) is 5.96 Å². The van der Waals surface area contributed by atoms with Gasteiger partial charge in [0.05, 0.1) is 12.6 Å². The van der Waals surface area contributed by atoms with Crippen LogP contribution in [0.2, 0.25) is 0 Å². The number of amides is 13. The Labute approximate surface area is 558 Å². The maximum absolute atomic E-state index is 14.7. The van der Waals surface area contributed by atoms with Gasteiger partial charge in [0.2, 0.25) is 76.8 Å². The molecule has 22 N–H and O–H groups in total. The minimum Gasteiger partial charge on any atom is -0.370 e. The van der Waals surface area contributed by atoms with Crippen LogP contribution in [0.15, 0.2) is 65.7 Å². The minimum absolute atomic E-state index is 0.0736. The molecular weight excluding hydrogens is 1250 g/mol. The molecule has 2 heterocycles. The van der Waals surface area contributed by atoms with Crippen LogP contribution in [-0.2, 0) is 75.2 Å². The van der Waals surface area contributed by atoms with E-state index in [0.29, 0.717) is 55.4 Å². The number of nitrogens with zero attached hydrogens (tertiary/aromatic N) is 3. The van der Waals surface area contributed by atoms with Crippen molar-refractivity contribution >= 4 is 94.5 Å². The normalized spacial score (nSPS) is 16.8. The van der Waals surface area contributed by atoms with Crippen molar-refractivity contribution in [3.8, 4) is 0 Å². The molecule has 2 saturated heterocycles. The van der Waals surface area contributed by atoms with E-state index in [1.807, 2.05) is 20.1 Å². The lowest BCUT2D eigenvalue weighted by Crippen LogP contribution is -2.60. The quantitative estimate of drug-likeness (QED) is 0.0173. The summed E-state index contributed by atoms with van der Waals surface area (Å²) in [5, 5.41) is 21.1. The Bertz CT molecular complexity index is 2960. The third-order valence-corrected chi connectivity index (χ3v) is 16.7. The molecule has 2 aliphatic rings. The Balaban J connectivity index is 1.56. The van der Waals surface area contributed by atoms with Gasteiger partial charge in [0.1, 0.15) is 54.4 Å². The summed E-state index contributed by atoms with van der Waals surface area (Å²) in [6.07, 6.45) is 3.12. The molecule has 13 amide bonds. The number of aliphatic imine (C=N–C) groups is 1. The second-order valence-corrected chi connectivity index (χ2v) is 25.1. The van der Waals surface area contributed by atoms with Crippen molar-refractivity contribution in [2.24, 2.45) is 51.0 Å². The first kappa shape index (κ1) is 78.5. The van der Waals surface area contributed by atoms with Gasteiger partial charge in [-0.25, -0.2) is 0 Å². The topological polar surface area (TPSA) is 519 Å². The van der Waals surface area contributed by atoms with E-state index >= 15 is 0 Å². The van der Waals surface area contributed by atoms with Crippen LogP contribution in [-0.4, -0.2) is 198 Å². The van der Waals surface area contributed by atoms with Crippen LogP contribution in [0.1, 0.15) is 121 Å². The van der Waals surface area contributed by atoms with Crippen LogP contribution in [0.25, 0.3) is 0 Å². The number of hydrogen-bond donors (Lipinski definition) is 15. The van der Waals surface area contributed by atoms with E-state index in [4.69, 9.17) is 40.1 Å². The summed E-state index contributed by atoms with van der Waals surface area (Å²) in [4.78, 5) is 185. The van der Waals surface area contributed by atoms with E-state index in [0.717, 1.165) is 0 Å². The van der Waals surface area contributed by atoms with Gasteiger partial charge in [-0.15, -0.1) is 0 Å². The number of rotatable bonds is 42. The van der Waals surface area contributed by atoms with Crippen molar-refractivity contribution in [1.29, 1.82) is 0 Å². The highest BCUT2D eigenvalue weighted by Crippen LogP contribution is 2.24. The van der Waals surface area contributed by atoms with Gasteiger partial charge >= 0.3 is 0 Å². The molecule has 524 valence electrons. The summed E-state index contributed by atoms with van der Waals surface area (Å²) in [7, 11) is 0.